The summed E-state index contributed by atoms with van der Waals surface area (Å²) >= 11 is 0. The minimum absolute atomic E-state index is 0.0140. The number of hydrogen-bond donors (Lipinski definition) is 1. The highest BCUT2D eigenvalue weighted by molar-refractivity contribution is 5.82. The maximum atomic E-state index is 12.8. The topological polar surface area (TPSA) is 84.1 Å². The lowest BCUT2D eigenvalue weighted by Gasteiger charge is -2.29. The molecular weight excluding hydrogens is 318 g/mol. The highest BCUT2D eigenvalue weighted by atomic mass is 16.3. The predicted octanol–water partition coefficient (Wildman–Crippen LogP) is 1.71. The number of amides is 1. The molecule has 1 aromatic heterocycles. The molecule has 7 nitrogen and oxygen atoms in total. The van der Waals surface area contributed by atoms with Crippen molar-refractivity contribution in [2.75, 3.05) is 6.61 Å². The Balaban J connectivity index is 1.75. The molecule has 2 aliphatic rings. The van der Waals surface area contributed by atoms with Crippen LogP contribution in [-0.2, 0) is 4.79 Å². The highest BCUT2D eigenvalue weighted by Gasteiger charge is 2.45. The first-order valence-electron chi connectivity index (χ1n) is 8.89. The molecule has 2 heterocycles. The minimum Gasteiger partial charge on any atom is -0.394 e. The first-order valence-corrected chi connectivity index (χ1v) is 8.89. The van der Waals surface area contributed by atoms with E-state index < -0.39 is 0 Å². The van der Waals surface area contributed by atoms with Crippen LogP contribution in [0.4, 0.5) is 0 Å². The quantitative estimate of drug-likeness (QED) is 0.915. The molecule has 0 spiro atoms. The van der Waals surface area contributed by atoms with E-state index in [2.05, 4.69) is 15.5 Å². The van der Waals surface area contributed by atoms with E-state index >= 15 is 0 Å². The molecule has 25 heavy (non-hydrogen) atoms. The van der Waals surface area contributed by atoms with Gasteiger partial charge in [0.05, 0.1) is 24.4 Å². The molecule has 2 atom stereocenters. The van der Waals surface area contributed by atoms with Gasteiger partial charge in [0.2, 0.25) is 5.91 Å². The van der Waals surface area contributed by atoms with Gasteiger partial charge in [-0.15, -0.1) is 5.10 Å². The van der Waals surface area contributed by atoms with Gasteiger partial charge in [0, 0.05) is 5.92 Å². The maximum absolute atomic E-state index is 12.8. The zero-order valence-corrected chi connectivity index (χ0v) is 14.6. The van der Waals surface area contributed by atoms with Crippen LogP contribution in [0.2, 0.25) is 0 Å². The fourth-order valence-corrected chi connectivity index (χ4v) is 3.89. The van der Waals surface area contributed by atoms with Crippen molar-refractivity contribution in [2.24, 2.45) is 5.92 Å². The van der Waals surface area contributed by atoms with Crippen LogP contribution in [0.5, 0.6) is 0 Å². The van der Waals surface area contributed by atoms with Crippen molar-refractivity contribution < 1.29 is 9.90 Å². The SMILES string of the molecule is Cc1cccc(C)c1-n1nnnc1[C@@H]1CC[C@@H](CO)N1C(=O)C1CC1. The molecule has 1 N–H and O–H groups in total. The highest BCUT2D eigenvalue weighted by Crippen LogP contribution is 2.41. The van der Waals surface area contributed by atoms with Gasteiger partial charge in [0.15, 0.2) is 5.82 Å². The predicted molar refractivity (Wildman–Crippen MR) is 91.0 cm³/mol. The van der Waals surface area contributed by atoms with E-state index in [9.17, 15) is 9.90 Å². The van der Waals surface area contributed by atoms with Gasteiger partial charge >= 0.3 is 0 Å². The van der Waals surface area contributed by atoms with Crippen LogP contribution in [0.25, 0.3) is 5.69 Å². The number of aromatic nitrogens is 4. The first kappa shape index (κ1) is 16.2. The van der Waals surface area contributed by atoms with Crippen LogP contribution < -0.4 is 0 Å². The first-order chi connectivity index (χ1) is 12.1. The maximum Gasteiger partial charge on any atom is 0.226 e. The summed E-state index contributed by atoms with van der Waals surface area (Å²) in [5.41, 5.74) is 3.14. The summed E-state index contributed by atoms with van der Waals surface area (Å²) < 4.78 is 1.77. The Hall–Kier alpha value is -2.28. The molecule has 7 heteroatoms. The number of tetrazole rings is 1. The molecule has 2 aromatic rings. The Morgan fingerprint density at radius 1 is 1.20 bits per heavy atom. The van der Waals surface area contributed by atoms with Crippen molar-refractivity contribution in [1.82, 2.24) is 25.1 Å². The van der Waals surface area contributed by atoms with Gasteiger partial charge in [-0.3, -0.25) is 4.79 Å². The summed E-state index contributed by atoms with van der Waals surface area (Å²) in [5, 5.41) is 22.1. The Bertz CT molecular complexity index is 778. The van der Waals surface area contributed by atoms with Crippen LogP contribution in [0, 0.1) is 19.8 Å². The minimum atomic E-state index is -0.181. The average molecular weight is 341 g/mol. The molecule has 1 amide bonds. The third-order valence-electron chi connectivity index (χ3n) is 5.34. The number of carbonyl (C=O) groups excluding carboxylic acids is 1. The van der Waals surface area contributed by atoms with E-state index in [1.165, 1.54) is 0 Å². The average Bonchev–Trinajstić information content (AvgIpc) is 3.19. The van der Waals surface area contributed by atoms with Crippen LogP contribution >= 0.6 is 0 Å². The number of aliphatic hydroxyl groups is 1. The van der Waals surface area contributed by atoms with Gasteiger partial charge in [-0.2, -0.15) is 4.68 Å². The lowest BCUT2D eigenvalue weighted by Crippen LogP contribution is -2.41. The Morgan fingerprint density at radius 2 is 1.92 bits per heavy atom. The number of rotatable bonds is 4. The van der Waals surface area contributed by atoms with Crippen molar-refractivity contribution in [3.63, 3.8) is 0 Å². The molecule has 4 rings (SSSR count). The summed E-state index contributed by atoms with van der Waals surface area (Å²) in [6.07, 6.45) is 3.44. The van der Waals surface area contributed by atoms with Gasteiger partial charge < -0.3 is 10.0 Å². The van der Waals surface area contributed by atoms with Crippen LogP contribution in [0.15, 0.2) is 18.2 Å². The molecule has 0 radical (unpaired) electrons. The number of nitrogens with zero attached hydrogens (tertiary/aromatic N) is 5. The Morgan fingerprint density at radius 3 is 2.56 bits per heavy atom. The number of hydrogen-bond acceptors (Lipinski definition) is 5. The smallest absolute Gasteiger partial charge is 0.226 e. The molecule has 1 saturated heterocycles. The van der Waals surface area contributed by atoms with E-state index in [1.807, 2.05) is 36.9 Å². The number of benzene rings is 1. The summed E-state index contributed by atoms with van der Waals surface area (Å²) in [5.74, 6) is 0.930. The summed E-state index contributed by atoms with van der Waals surface area (Å²) in [7, 11) is 0. The second-order valence-electron chi connectivity index (χ2n) is 7.14. The van der Waals surface area contributed by atoms with Crippen LogP contribution in [0.1, 0.15) is 48.7 Å². The van der Waals surface area contributed by atoms with Crippen molar-refractivity contribution in [3.8, 4) is 5.69 Å². The summed E-state index contributed by atoms with van der Waals surface area (Å²) in [4.78, 5) is 14.6. The van der Waals surface area contributed by atoms with Crippen molar-refractivity contribution in [2.45, 2.75) is 51.6 Å². The van der Waals surface area contributed by atoms with E-state index in [-0.39, 0.29) is 30.5 Å². The van der Waals surface area contributed by atoms with Crippen molar-refractivity contribution in [1.29, 1.82) is 0 Å². The van der Waals surface area contributed by atoms with Gasteiger partial charge in [-0.1, -0.05) is 18.2 Å². The molecule has 1 saturated carbocycles. The van der Waals surface area contributed by atoms with E-state index in [0.717, 1.165) is 42.5 Å². The largest absolute Gasteiger partial charge is 0.394 e. The zero-order valence-electron chi connectivity index (χ0n) is 14.6. The van der Waals surface area contributed by atoms with Crippen LogP contribution in [0.3, 0.4) is 0 Å². The molecule has 1 aliphatic heterocycles. The zero-order chi connectivity index (χ0) is 17.6. The van der Waals surface area contributed by atoms with E-state index in [0.29, 0.717) is 5.82 Å². The Labute approximate surface area is 146 Å². The van der Waals surface area contributed by atoms with Gasteiger partial charge in [0.1, 0.15) is 0 Å². The van der Waals surface area contributed by atoms with Gasteiger partial charge in [-0.05, 0) is 61.1 Å². The lowest BCUT2D eigenvalue weighted by atomic mass is 10.1. The molecule has 1 aromatic carbocycles. The molecule has 2 fully saturated rings. The van der Waals surface area contributed by atoms with Crippen LogP contribution in [-0.4, -0.2) is 48.8 Å². The van der Waals surface area contributed by atoms with Gasteiger partial charge in [-0.25, -0.2) is 0 Å². The Kier molecular flexibility index (Phi) is 4.03. The van der Waals surface area contributed by atoms with E-state index in [1.54, 1.807) is 4.68 Å². The summed E-state index contributed by atoms with van der Waals surface area (Å²) in [6, 6.07) is 5.76. The standard InChI is InChI=1S/C18H23N5O2/c1-11-4-3-5-12(2)16(11)23-17(19-20-21-23)15-9-8-14(10-24)22(15)18(25)13-6-7-13/h3-5,13-15,24H,6-10H2,1-2H3/t14-,15-/m0/s1. The fourth-order valence-electron chi connectivity index (χ4n) is 3.89. The second kappa shape index (κ2) is 6.22. The number of likely N-dealkylation sites (tertiary alicyclic amines) is 1. The van der Waals surface area contributed by atoms with Crippen molar-refractivity contribution >= 4 is 5.91 Å². The second-order valence-corrected chi connectivity index (χ2v) is 7.14. The number of aliphatic hydroxyl groups excluding tert-OH is 1. The number of carbonyl (C=O) groups is 1. The third kappa shape index (κ3) is 2.72. The van der Waals surface area contributed by atoms with Gasteiger partial charge in [0.25, 0.3) is 0 Å². The normalized spacial score (nSPS) is 23.2. The van der Waals surface area contributed by atoms with Crippen molar-refractivity contribution in [3.05, 3.63) is 35.2 Å². The molecule has 0 unspecified atom stereocenters. The monoisotopic (exact) mass is 341 g/mol. The third-order valence-corrected chi connectivity index (χ3v) is 5.34. The van der Waals surface area contributed by atoms with E-state index in [4.69, 9.17) is 0 Å². The molecular formula is C18H23N5O2. The number of para-hydroxylation sites is 1. The fraction of sp³-hybridized carbons (Fsp3) is 0.556. The summed E-state index contributed by atoms with van der Waals surface area (Å²) in [6.45, 7) is 4.05. The molecule has 132 valence electrons. The number of aryl methyl sites for hydroxylation is 2. The lowest BCUT2D eigenvalue weighted by molar-refractivity contribution is -0.136. The molecule has 1 aliphatic carbocycles. The molecule has 0 bridgehead atoms.